The summed E-state index contributed by atoms with van der Waals surface area (Å²) in [6.45, 7) is 4.39. The minimum Gasteiger partial charge on any atom is -0.508 e. The largest absolute Gasteiger partial charge is 0.508 e. The SMILES string of the molecule is CC1=C(c2cc(C#N)ccc2F)[C@@H](c2ccc(OCCN3CC(CF)C3)cc2)Oc2ccc(O)cc21. The highest BCUT2D eigenvalue weighted by molar-refractivity contribution is 5.96. The van der Waals surface area contributed by atoms with E-state index in [9.17, 15) is 14.8 Å². The van der Waals surface area contributed by atoms with Gasteiger partial charge < -0.3 is 14.6 Å². The molecule has 1 atom stereocenters. The average molecular weight is 489 g/mol. The Kier molecular flexibility index (Phi) is 6.62. The van der Waals surface area contributed by atoms with E-state index in [1.54, 1.807) is 18.2 Å². The molecule has 0 bridgehead atoms. The van der Waals surface area contributed by atoms with Crippen LogP contribution in [0.4, 0.5) is 8.78 Å². The Bertz CT molecular complexity index is 1340. The molecule has 2 aliphatic rings. The first-order valence-corrected chi connectivity index (χ1v) is 11.9. The van der Waals surface area contributed by atoms with Crippen molar-refractivity contribution in [2.75, 3.05) is 32.9 Å². The Balaban J connectivity index is 1.43. The Labute approximate surface area is 208 Å². The number of phenolic OH excluding ortho intramolecular Hbond substituents is 1. The van der Waals surface area contributed by atoms with E-state index < -0.39 is 11.9 Å². The maximum absolute atomic E-state index is 15.1. The highest BCUT2D eigenvalue weighted by Crippen LogP contribution is 2.48. The van der Waals surface area contributed by atoms with Crippen LogP contribution in [-0.2, 0) is 0 Å². The molecule has 5 nitrogen and oxygen atoms in total. The summed E-state index contributed by atoms with van der Waals surface area (Å²) < 4.78 is 39.9. The van der Waals surface area contributed by atoms with Crippen molar-refractivity contribution in [1.29, 1.82) is 5.26 Å². The zero-order chi connectivity index (χ0) is 25.2. The van der Waals surface area contributed by atoms with Gasteiger partial charge in [-0.05, 0) is 66.6 Å². The lowest BCUT2D eigenvalue weighted by Gasteiger charge is -2.37. The second kappa shape index (κ2) is 10.00. The third-order valence-corrected chi connectivity index (χ3v) is 6.77. The van der Waals surface area contributed by atoms with Gasteiger partial charge in [0.1, 0.15) is 35.8 Å². The van der Waals surface area contributed by atoms with Crippen LogP contribution >= 0.6 is 0 Å². The van der Waals surface area contributed by atoms with Gasteiger partial charge in [0.05, 0.1) is 18.3 Å². The minimum absolute atomic E-state index is 0.0840. The summed E-state index contributed by atoms with van der Waals surface area (Å²) in [6, 6.07) is 18.6. The van der Waals surface area contributed by atoms with Crippen molar-refractivity contribution in [3.63, 3.8) is 0 Å². The number of halogens is 2. The fraction of sp³-hybridized carbons (Fsp3) is 0.276. The molecule has 184 valence electrons. The van der Waals surface area contributed by atoms with Crippen molar-refractivity contribution in [2.45, 2.75) is 13.0 Å². The topological polar surface area (TPSA) is 65.7 Å². The Morgan fingerprint density at radius 1 is 1.08 bits per heavy atom. The van der Waals surface area contributed by atoms with Gasteiger partial charge in [0.25, 0.3) is 0 Å². The van der Waals surface area contributed by atoms with Crippen molar-refractivity contribution in [1.82, 2.24) is 4.90 Å². The van der Waals surface area contributed by atoms with E-state index in [0.717, 1.165) is 30.8 Å². The predicted molar refractivity (Wildman–Crippen MR) is 133 cm³/mol. The number of ether oxygens (including phenoxy) is 2. The van der Waals surface area contributed by atoms with Gasteiger partial charge >= 0.3 is 0 Å². The first-order valence-electron chi connectivity index (χ1n) is 11.9. The minimum atomic E-state index is -0.627. The van der Waals surface area contributed by atoms with E-state index >= 15 is 4.39 Å². The van der Waals surface area contributed by atoms with Crippen LogP contribution in [0.15, 0.2) is 60.7 Å². The van der Waals surface area contributed by atoms with Crippen LogP contribution in [0.25, 0.3) is 11.1 Å². The smallest absolute Gasteiger partial charge is 0.150 e. The maximum atomic E-state index is 15.1. The van der Waals surface area contributed by atoms with Gasteiger partial charge in [0.2, 0.25) is 0 Å². The van der Waals surface area contributed by atoms with Gasteiger partial charge in [-0.25, -0.2) is 4.39 Å². The van der Waals surface area contributed by atoms with Crippen molar-refractivity contribution in [2.24, 2.45) is 5.92 Å². The molecule has 1 N–H and O–H groups in total. The van der Waals surface area contributed by atoms with E-state index in [-0.39, 0.29) is 23.9 Å². The molecule has 0 unspecified atom stereocenters. The molecule has 1 saturated heterocycles. The van der Waals surface area contributed by atoms with E-state index in [2.05, 4.69) is 11.0 Å². The summed E-state index contributed by atoms with van der Waals surface area (Å²) in [7, 11) is 0. The van der Waals surface area contributed by atoms with Crippen molar-refractivity contribution in [3.8, 4) is 23.3 Å². The normalized spacial score (nSPS) is 17.7. The fourth-order valence-corrected chi connectivity index (χ4v) is 4.81. The van der Waals surface area contributed by atoms with Crippen LogP contribution in [0.3, 0.4) is 0 Å². The van der Waals surface area contributed by atoms with Crippen molar-refractivity contribution in [3.05, 3.63) is 88.7 Å². The number of rotatable bonds is 7. The molecular formula is C29H26F2N2O3. The standard InChI is InChI=1S/C29H26F2N2O3/c1-18-24-13-22(34)5-9-27(24)36-29(28(18)25-12-19(15-32)2-8-26(25)31)21-3-6-23(7-4-21)35-11-10-33-16-20(14-30)17-33/h2-9,12-13,20,29,34H,10-11,14,16-17H2,1H3/t29-/m1/s1. The molecule has 3 aromatic rings. The molecule has 0 amide bonds. The van der Waals surface area contributed by atoms with E-state index in [1.807, 2.05) is 31.2 Å². The predicted octanol–water partition coefficient (Wildman–Crippen LogP) is 5.75. The zero-order valence-corrected chi connectivity index (χ0v) is 19.9. The number of likely N-dealkylation sites (tertiary alicyclic amines) is 1. The lowest BCUT2D eigenvalue weighted by molar-refractivity contribution is 0.0668. The lowest BCUT2D eigenvalue weighted by Crippen LogP contribution is -2.49. The molecule has 3 aromatic carbocycles. The number of aromatic hydroxyl groups is 1. The number of phenols is 1. The second-order valence-electron chi connectivity index (χ2n) is 9.22. The summed E-state index contributed by atoms with van der Waals surface area (Å²) in [5.41, 5.74) is 3.45. The van der Waals surface area contributed by atoms with Crippen molar-refractivity contribution >= 4 is 11.1 Å². The Hall–Kier alpha value is -3.89. The quantitative estimate of drug-likeness (QED) is 0.459. The van der Waals surface area contributed by atoms with Crippen LogP contribution in [0.2, 0.25) is 0 Å². The van der Waals surface area contributed by atoms with E-state index in [0.29, 0.717) is 34.8 Å². The van der Waals surface area contributed by atoms with Gasteiger partial charge in [-0.15, -0.1) is 0 Å². The summed E-state index contributed by atoms with van der Waals surface area (Å²) in [4.78, 5) is 2.16. The molecule has 1 fully saturated rings. The molecule has 2 aliphatic heterocycles. The average Bonchev–Trinajstić information content (AvgIpc) is 2.87. The summed E-state index contributed by atoms with van der Waals surface area (Å²) in [5, 5.41) is 19.4. The molecule has 0 radical (unpaired) electrons. The molecular weight excluding hydrogens is 462 g/mol. The number of hydrogen-bond acceptors (Lipinski definition) is 5. The maximum Gasteiger partial charge on any atom is 0.150 e. The molecule has 0 aromatic heterocycles. The molecule has 7 heteroatoms. The zero-order valence-electron chi connectivity index (χ0n) is 19.9. The highest BCUT2D eigenvalue weighted by Gasteiger charge is 2.31. The van der Waals surface area contributed by atoms with Gasteiger partial charge in [-0.3, -0.25) is 9.29 Å². The van der Waals surface area contributed by atoms with Crippen molar-refractivity contribution < 1.29 is 23.4 Å². The summed E-state index contributed by atoms with van der Waals surface area (Å²) in [5.74, 6) is 1.06. The third kappa shape index (κ3) is 4.65. The van der Waals surface area contributed by atoms with E-state index in [1.165, 1.54) is 18.2 Å². The number of allylic oxidation sites excluding steroid dienone is 1. The van der Waals surface area contributed by atoms with Crippen LogP contribution in [0, 0.1) is 23.1 Å². The third-order valence-electron chi connectivity index (χ3n) is 6.77. The first-order chi connectivity index (χ1) is 17.5. The Morgan fingerprint density at radius 3 is 2.58 bits per heavy atom. The molecule has 36 heavy (non-hydrogen) atoms. The van der Waals surface area contributed by atoms with Gasteiger partial charge in [-0.1, -0.05) is 12.1 Å². The Morgan fingerprint density at radius 2 is 1.86 bits per heavy atom. The van der Waals surface area contributed by atoms with Gasteiger partial charge in [-0.2, -0.15) is 5.26 Å². The number of nitrogens with zero attached hydrogens (tertiary/aromatic N) is 2. The van der Waals surface area contributed by atoms with Crippen LogP contribution < -0.4 is 9.47 Å². The number of benzene rings is 3. The summed E-state index contributed by atoms with van der Waals surface area (Å²) in [6.07, 6.45) is -0.627. The molecule has 0 saturated carbocycles. The van der Waals surface area contributed by atoms with Gasteiger partial charge in [0, 0.05) is 42.3 Å². The van der Waals surface area contributed by atoms with Crippen LogP contribution in [0.5, 0.6) is 17.2 Å². The lowest BCUT2D eigenvalue weighted by atomic mass is 9.85. The highest BCUT2D eigenvalue weighted by atomic mass is 19.1. The molecule has 0 spiro atoms. The molecule has 5 rings (SSSR count). The van der Waals surface area contributed by atoms with Crippen LogP contribution in [0.1, 0.15) is 35.3 Å². The summed E-state index contributed by atoms with van der Waals surface area (Å²) >= 11 is 0. The number of hydrogen-bond donors (Lipinski definition) is 1. The molecule has 2 heterocycles. The van der Waals surface area contributed by atoms with E-state index in [4.69, 9.17) is 9.47 Å². The van der Waals surface area contributed by atoms with Crippen LogP contribution in [-0.4, -0.2) is 42.9 Å². The number of alkyl halides is 1. The second-order valence-corrected chi connectivity index (χ2v) is 9.22. The fourth-order valence-electron chi connectivity index (χ4n) is 4.81. The van der Waals surface area contributed by atoms with Gasteiger partial charge in [0.15, 0.2) is 0 Å². The molecule has 0 aliphatic carbocycles. The number of nitriles is 1. The monoisotopic (exact) mass is 488 g/mol. The number of fused-ring (bicyclic) bond motifs is 1. The first kappa shape index (κ1) is 23.8.